The number of carboxylic acids is 1. The number of ether oxygens (including phenoxy) is 1. The highest BCUT2D eigenvalue weighted by molar-refractivity contribution is 6.03. The maximum Gasteiger partial charge on any atom is 0.335 e. The summed E-state index contributed by atoms with van der Waals surface area (Å²) in [5.74, 6) is 0.298. The van der Waals surface area contributed by atoms with E-state index in [4.69, 9.17) is 4.74 Å². The molecule has 7 nitrogen and oxygen atoms in total. The summed E-state index contributed by atoms with van der Waals surface area (Å²) in [7, 11) is 3.78. The van der Waals surface area contributed by atoms with Crippen LogP contribution in [0.15, 0.2) is 42.0 Å². The molecule has 0 spiro atoms. The van der Waals surface area contributed by atoms with Gasteiger partial charge in [-0.1, -0.05) is 32.3 Å². The summed E-state index contributed by atoms with van der Waals surface area (Å²) in [6.07, 6.45) is 9.98. The van der Waals surface area contributed by atoms with Gasteiger partial charge in [0.25, 0.3) is 5.91 Å². The smallest absolute Gasteiger partial charge is 0.335 e. The molecule has 1 saturated heterocycles. The van der Waals surface area contributed by atoms with Crippen molar-refractivity contribution in [2.24, 2.45) is 0 Å². The molecule has 2 aromatic carbocycles. The van der Waals surface area contributed by atoms with E-state index in [1.807, 2.05) is 18.2 Å². The van der Waals surface area contributed by atoms with Gasteiger partial charge in [-0.2, -0.15) is 0 Å². The lowest BCUT2D eigenvalue weighted by atomic mass is 9.81. The fourth-order valence-corrected chi connectivity index (χ4v) is 7.27. The van der Waals surface area contributed by atoms with E-state index in [2.05, 4.69) is 40.5 Å². The maximum absolute atomic E-state index is 14.3. The van der Waals surface area contributed by atoms with Crippen LogP contribution in [0.25, 0.3) is 28.2 Å². The Kier molecular flexibility index (Phi) is 7.64. The Morgan fingerprint density at radius 3 is 2.59 bits per heavy atom. The number of likely N-dealkylation sites (N-methyl/N-ethyl adjacent to an activating group) is 1. The topological polar surface area (TPSA) is 75.0 Å². The number of methoxy groups -OCH3 is 1. The van der Waals surface area contributed by atoms with Gasteiger partial charge in [-0.25, -0.2) is 4.79 Å². The van der Waals surface area contributed by atoms with Crippen molar-refractivity contribution in [3.63, 3.8) is 0 Å². The van der Waals surface area contributed by atoms with Crippen LogP contribution in [0.2, 0.25) is 0 Å². The van der Waals surface area contributed by atoms with E-state index in [1.54, 1.807) is 19.2 Å². The van der Waals surface area contributed by atoms with Gasteiger partial charge in [0.15, 0.2) is 0 Å². The second-order valence-corrected chi connectivity index (χ2v) is 12.0. The van der Waals surface area contributed by atoms with E-state index < -0.39 is 5.97 Å². The molecule has 3 heterocycles. The molecule has 1 aromatic heterocycles. The van der Waals surface area contributed by atoms with Gasteiger partial charge < -0.3 is 24.2 Å². The van der Waals surface area contributed by atoms with Crippen LogP contribution in [0.3, 0.4) is 0 Å². The Balaban J connectivity index is 1.54. The quantitative estimate of drug-likeness (QED) is 0.365. The number of carboxylic acid groups (broad SMARTS) is 1. The molecule has 2 aliphatic heterocycles. The third kappa shape index (κ3) is 5.05. The van der Waals surface area contributed by atoms with E-state index in [0.717, 1.165) is 84.4 Å². The average Bonchev–Trinajstić information content (AvgIpc) is 3.53. The normalized spacial score (nSPS) is 19.2. The van der Waals surface area contributed by atoms with Crippen molar-refractivity contribution in [2.45, 2.75) is 70.4 Å². The van der Waals surface area contributed by atoms with Gasteiger partial charge in [-0.15, -0.1) is 0 Å². The molecule has 1 atom stereocenters. The lowest BCUT2D eigenvalue weighted by molar-refractivity contribution is -0.128. The SMILES string of the molecule is CCN(C)CC1CCCN1C(=O)C1=Cc2cc(OC)ccc2-c2c(C3CCCCC3)c3ccc(C(=O)O)cc3n2C1. The number of benzene rings is 2. The van der Waals surface area contributed by atoms with Gasteiger partial charge >= 0.3 is 5.97 Å². The molecular formula is C34H41N3O4. The summed E-state index contributed by atoms with van der Waals surface area (Å²) in [5.41, 5.74) is 6.37. The van der Waals surface area contributed by atoms with Crippen LogP contribution in [0, 0.1) is 0 Å². The molecule has 1 amide bonds. The maximum atomic E-state index is 14.3. The highest BCUT2D eigenvalue weighted by atomic mass is 16.5. The standard InChI is InChI=1S/C34H41N3O4/c1-4-35(2)21-26-11-8-16-36(26)33(38)25-17-24-18-27(41-3)13-15-28(24)32-31(22-9-6-5-7-10-22)29-14-12-23(34(39)40)19-30(29)37(32)20-25/h12-15,17-19,22,26H,4-11,16,20-21H2,1-3H3,(H,39,40). The van der Waals surface area contributed by atoms with Crippen molar-refractivity contribution in [1.82, 2.24) is 14.4 Å². The molecule has 0 bridgehead atoms. The number of hydrogen-bond acceptors (Lipinski definition) is 4. The Morgan fingerprint density at radius 1 is 1.05 bits per heavy atom. The number of aromatic carboxylic acids is 1. The summed E-state index contributed by atoms with van der Waals surface area (Å²) >= 11 is 0. The molecule has 2 fully saturated rings. The molecular weight excluding hydrogens is 514 g/mol. The van der Waals surface area contributed by atoms with Gasteiger partial charge in [-0.05, 0) is 92.7 Å². The monoisotopic (exact) mass is 555 g/mol. The first-order valence-corrected chi connectivity index (χ1v) is 15.2. The minimum atomic E-state index is -0.938. The number of carbonyl (C=O) groups excluding carboxylic acids is 1. The second-order valence-electron chi connectivity index (χ2n) is 12.0. The molecule has 0 radical (unpaired) electrons. The molecule has 3 aromatic rings. The Bertz CT molecular complexity index is 1510. The Morgan fingerprint density at radius 2 is 1.85 bits per heavy atom. The van der Waals surface area contributed by atoms with Crippen molar-refractivity contribution in [2.75, 3.05) is 33.8 Å². The van der Waals surface area contributed by atoms with E-state index >= 15 is 0 Å². The number of amides is 1. The van der Waals surface area contributed by atoms with E-state index in [-0.39, 0.29) is 17.5 Å². The van der Waals surface area contributed by atoms with Crippen LogP contribution < -0.4 is 4.74 Å². The van der Waals surface area contributed by atoms with Crippen molar-refractivity contribution in [1.29, 1.82) is 0 Å². The van der Waals surface area contributed by atoms with Crippen molar-refractivity contribution < 1.29 is 19.4 Å². The number of likely N-dealkylation sites (tertiary alicyclic amines) is 1. The average molecular weight is 556 g/mol. The van der Waals surface area contributed by atoms with Crippen molar-refractivity contribution in [3.8, 4) is 17.0 Å². The first-order valence-electron chi connectivity index (χ1n) is 15.2. The van der Waals surface area contributed by atoms with Crippen LogP contribution in [0.5, 0.6) is 5.75 Å². The van der Waals surface area contributed by atoms with Gasteiger partial charge in [0.05, 0.1) is 24.9 Å². The molecule has 1 saturated carbocycles. The van der Waals surface area contributed by atoms with Crippen molar-refractivity contribution in [3.05, 3.63) is 58.7 Å². The molecule has 1 unspecified atom stereocenters. The van der Waals surface area contributed by atoms with Gasteiger partial charge in [0.2, 0.25) is 0 Å². The predicted octanol–water partition coefficient (Wildman–Crippen LogP) is 6.40. The van der Waals surface area contributed by atoms with Crippen LogP contribution in [-0.4, -0.2) is 71.2 Å². The number of hydrogen-bond donors (Lipinski definition) is 1. The minimum absolute atomic E-state index is 0.0779. The largest absolute Gasteiger partial charge is 0.497 e. The van der Waals surface area contributed by atoms with Crippen LogP contribution >= 0.6 is 0 Å². The van der Waals surface area contributed by atoms with Gasteiger partial charge in [0, 0.05) is 41.2 Å². The molecule has 1 aliphatic carbocycles. The second kappa shape index (κ2) is 11.4. The first-order chi connectivity index (χ1) is 19.9. The summed E-state index contributed by atoms with van der Waals surface area (Å²) in [5, 5.41) is 11.0. The van der Waals surface area contributed by atoms with Crippen LogP contribution in [0.4, 0.5) is 0 Å². The van der Waals surface area contributed by atoms with E-state index in [9.17, 15) is 14.7 Å². The van der Waals surface area contributed by atoms with Crippen LogP contribution in [-0.2, 0) is 11.3 Å². The lowest BCUT2D eigenvalue weighted by Crippen LogP contribution is -2.43. The molecule has 6 rings (SSSR count). The third-order valence-electron chi connectivity index (χ3n) is 9.51. The number of rotatable bonds is 7. The number of nitrogens with zero attached hydrogens (tertiary/aromatic N) is 3. The predicted molar refractivity (Wildman–Crippen MR) is 163 cm³/mol. The molecule has 216 valence electrons. The molecule has 3 aliphatic rings. The number of carbonyl (C=O) groups is 2. The summed E-state index contributed by atoms with van der Waals surface area (Å²) < 4.78 is 7.86. The lowest BCUT2D eigenvalue weighted by Gasteiger charge is -2.29. The zero-order valence-electron chi connectivity index (χ0n) is 24.5. The highest BCUT2D eigenvalue weighted by Crippen LogP contribution is 2.47. The fourth-order valence-electron chi connectivity index (χ4n) is 7.27. The van der Waals surface area contributed by atoms with Gasteiger partial charge in [-0.3, -0.25) is 4.79 Å². The highest BCUT2D eigenvalue weighted by Gasteiger charge is 2.34. The van der Waals surface area contributed by atoms with E-state index in [1.165, 1.54) is 24.8 Å². The van der Waals surface area contributed by atoms with Gasteiger partial charge in [0.1, 0.15) is 5.75 Å². The zero-order valence-corrected chi connectivity index (χ0v) is 24.5. The minimum Gasteiger partial charge on any atom is -0.497 e. The Hall–Kier alpha value is -3.58. The fraction of sp³-hybridized carbons (Fsp3) is 0.471. The van der Waals surface area contributed by atoms with Crippen molar-refractivity contribution >= 4 is 28.9 Å². The van der Waals surface area contributed by atoms with E-state index in [0.29, 0.717) is 12.5 Å². The number of aromatic nitrogens is 1. The summed E-state index contributed by atoms with van der Waals surface area (Å²) in [6.45, 7) is 5.13. The third-order valence-corrected chi connectivity index (χ3v) is 9.51. The first kappa shape index (κ1) is 27.6. The van der Waals surface area contributed by atoms with Crippen LogP contribution in [0.1, 0.15) is 79.3 Å². The summed E-state index contributed by atoms with van der Waals surface area (Å²) in [4.78, 5) is 30.7. The molecule has 1 N–H and O–H groups in total. The molecule has 7 heteroatoms. The zero-order chi connectivity index (χ0) is 28.7. The Labute approximate surface area is 242 Å². The number of fused-ring (bicyclic) bond motifs is 5. The summed E-state index contributed by atoms with van der Waals surface area (Å²) in [6, 6.07) is 11.9. The molecule has 41 heavy (non-hydrogen) atoms.